The highest BCUT2D eigenvalue weighted by Gasteiger charge is 2.40. The first-order chi connectivity index (χ1) is 19.0. The van der Waals surface area contributed by atoms with Crippen molar-refractivity contribution in [1.29, 1.82) is 0 Å². The minimum atomic E-state index is -0.663. The van der Waals surface area contributed by atoms with Gasteiger partial charge in [0.1, 0.15) is 24.1 Å². The second-order valence-corrected chi connectivity index (χ2v) is 10.1. The van der Waals surface area contributed by atoms with Gasteiger partial charge in [-0.25, -0.2) is 4.68 Å². The van der Waals surface area contributed by atoms with E-state index in [-0.39, 0.29) is 31.4 Å². The summed E-state index contributed by atoms with van der Waals surface area (Å²) < 4.78 is 13.2. The van der Waals surface area contributed by atoms with Crippen molar-refractivity contribution in [3.63, 3.8) is 0 Å². The Balaban J connectivity index is 1.05. The molecule has 0 saturated carbocycles. The molecule has 39 heavy (non-hydrogen) atoms. The zero-order chi connectivity index (χ0) is 26.8. The lowest BCUT2D eigenvalue weighted by Gasteiger charge is -2.29. The number of nitrogens with zero attached hydrogens (tertiary/aromatic N) is 5. The topological polar surface area (TPSA) is 119 Å². The molecule has 6 rings (SSSR count). The first kappa shape index (κ1) is 25.2. The molecular formula is C28H30N6O5. The lowest BCUT2D eigenvalue weighted by Crippen LogP contribution is -2.52. The summed E-state index contributed by atoms with van der Waals surface area (Å²) in [5.41, 5.74) is 4.32. The molecule has 0 radical (unpaired) electrons. The molecule has 0 aliphatic carbocycles. The van der Waals surface area contributed by atoms with Crippen molar-refractivity contribution >= 4 is 17.7 Å². The second-order valence-electron chi connectivity index (χ2n) is 10.1. The molecule has 2 saturated heterocycles. The Morgan fingerprint density at radius 3 is 2.54 bits per heavy atom. The van der Waals surface area contributed by atoms with Crippen LogP contribution < -0.4 is 10.1 Å². The van der Waals surface area contributed by atoms with Gasteiger partial charge in [0.25, 0.3) is 5.91 Å². The number of amides is 3. The summed E-state index contributed by atoms with van der Waals surface area (Å²) in [6.45, 7) is 5.49. The average molecular weight is 531 g/mol. The molecule has 0 bridgehead atoms. The van der Waals surface area contributed by atoms with E-state index >= 15 is 0 Å². The fourth-order valence-corrected chi connectivity index (χ4v) is 5.28. The molecule has 202 valence electrons. The van der Waals surface area contributed by atoms with Gasteiger partial charge in [0.15, 0.2) is 0 Å². The summed E-state index contributed by atoms with van der Waals surface area (Å²) in [7, 11) is 0. The lowest BCUT2D eigenvalue weighted by molar-refractivity contribution is -0.136. The van der Waals surface area contributed by atoms with Gasteiger partial charge in [-0.3, -0.25) is 24.6 Å². The molecule has 3 amide bonds. The number of hydrogen-bond acceptors (Lipinski definition) is 8. The summed E-state index contributed by atoms with van der Waals surface area (Å²) in [4.78, 5) is 40.8. The number of rotatable bonds is 8. The van der Waals surface area contributed by atoms with E-state index in [2.05, 4.69) is 44.8 Å². The van der Waals surface area contributed by atoms with Crippen LogP contribution in [-0.4, -0.2) is 74.9 Å². The van der Waals surface area contributed by atoms with Gasteiger partial charge >= 0.3 is 0 Å². The third kappa shape index (κ3) is 5.55. The van der Waals surface area contributed by atoms with Crippen molar-refractivity contribution in [3.8, 4) is 5.75 Å². The number of carbonyl (C=O) groups excluding carboxylic acids is 3. The van der Waals surface area contributed by atoms with Crippen molar-refractivity contribution in [2.45, 2.75) is 45.1 Å². The third-order valence-electron chi connectivity index (χ3n) is 7.38. The largest absolute Gasteiger partial charge is 0.487 e. The maximum absolute atomic E-state index is 13.0. The zero-order valence-corrected chi connectivity index (χ0v) is 21.5. The smallest absolute Gasteiger partial charge is 0.255 e. The Morgan fingerprint density at radius 1 is 1.00 bits per heavy atom. The Kier molecular flexibility index (Phi) is 7.08. The fraction of sp³-hybridized carbons (Fsp3) is 0.393. The highest BCUT2D eigenvalue weighted by Crippen LogP contribution is 2.33. The number of benzene rings is 2. The molecule has 3 aliphatic rings. The van der Waals surface area contributed by atoms with Crippen LogP contribution in [0.4, 0.5) is 0 Å². The maximum atomic E-state index is 13.0. The van der Waals surface area contributed by atoms with E-state index in [1.54, 1.807) is 16.8 Å². The van der Waals surface area contributed by atoms with Gasteiger partial charge in [-0.1, -0.05) is 35.5 Å². The van der Waals surface area contributed by atoms with E-state index in [1.165, 1.54) is 10.5 Å². The van der Waals surface area contributed by atoms with Crippen molar-refractivity contribution in [3.05, 3.63) is 76.6 Å². The van der Waals surface area contributed by atoms with E-state index in [1.807, 2.05) is 12.3 Å². The monoisotopic (exact) mass is 530 g/mol. The van der Waals surface area contributed by atoms with Gasteiger partial charge in [-0.15, -0.1) is 5.10 Å². The predicted octanol–water partition coefficient (Wildman–Crippen LogP) is 1.50. The molecule has 1 aromatic heterocycles. The van der Waals surface area contributed by atoms with Crippen molar-refractivity contribution in [2.75, 3.05) is 26.3 Å². The molecule has 4 heterocycles. The van der Waals surface area contributed by atoms with Crippen LogP contribution in [0.5, 0.6) is 5.75 Å². The van der Waals surface area contributed by atoms with E-state index in [9.17, 15) is 14.4 Å². The molecule has 2 aromatic carbocycles. The van der Waals surface area contributed by atoms with Crippen LogP contribution in [0.25, 0.3) is 0 Å². The van der Waals surface area contributed by atoms with Gasteiger partial charge in [-0.2, -0.15) is 0 Å². The molecule has 11 heteroatoms. The number of aromatic nitrogens is 3. The van der Waals surface area contributed by atoms with Crippen LogP contribution in [0.1, 0.15) is 45.6 Å². The van der Waals surface area contributed by atoms with Crippen LogP contribution >= 0.6 is 0 Å². The molecule has 11 nitrogen and oxygen atoms in total. The number of piperidine rings is 1. The number of nitrogens with one attached hydrogen (secondary N) is 1. The summed E-state index contributed by atoms with van der Waals surface area (Å²) in [5, 5.41) is 10.8. The molecule has 3 aliphatic heterocycles. The number of ether oxygens (including phenoxy) is 2. The number of morpholine rings is 1. The number of imide groups is 1. The van der Waals surface area contributed by atoms with E-state index in [0.29, 0.717) is 30.0 Å². The molecule has 1 unspecified atom stereocenters. The SMILES string of the molecule is O=C1CCC(N2Cc3c(OCc4cn(Cc5ccc(CN6CCOCC6)cc5)nn4)cccc3C2=O)C(=O)N1. The highest BCUT2D eigenvalue weighted by molar-refractivity contribution is 6.05. The first-order valence-electron chi connectivity index (χ1n) is 13.2. The molecule has 0 spiro atoms. The number of carbonyl (C=O) groups is 3. The Bertz CT molecular complexity index is 1380. The van der Waals surface area contributed by atoms with Crippen LogP contribution in [0.2, 0.25) is 0 Å². The zero-order valence-electron chi connectivity index (χ0n) is 21.5. The summed E-state index contributed by atoms with van der Waals surface area (Å²) >= 11 is 0. The maximum Gasteiger partial charge on any atom is 0.255 e. The average Bonchev–Trinajstić information content (AvgIpc) is 3.53. The number of fused-ring (bicyclic) bond motifs is 1. The van der Waals surface area contributed by atoms with Crippen LogP contribution in [0.15, 0.2) is 48.7 Å². The van der Waals surface area contributed by atoms with Gasteiger partial charge in [0.2, 0.25) is 11.8 Å². The van der Waals surface area contributed by atoms with E-state index in [0.717, 1.165) is 44.0 Å². The number of hydrogen-bond donors (Lipinski definition) is 1. The second kappa shape index (κ2) is 11.0. The molecule has 2 fully saturated rings. The minimum Gasteiger partial charge on any atom is -0.487 e. The van der Waals surface area contributed by atoms with Gasteiger partial charge in [0, 0.05) is 37.2 Å². The highest BCUT2D eigenvalue weighted by atomic mass is 16.5. The predicted molar refractivity (Wildman–Crippen MR) is 138 cm³/mol. The molecule has 3 aromatic rings. The minimum absolute atomic E-state index is 0.196. The summed E-state index contributed by atoms with van der Waals surface area (Å²) in [5.74, 6) is -0.399. The normalized spacial score (nSPS) is 19.7. The van der Waals surface area contributed by atoms with Crippen LogP contribution in [0.3, 0.4) is 0 Å². The van der Waals surface area contributed by atoms with Gasteiger partial charge < -0.3 is 14.4 Å². The Hall–Kier alpha value is -4.09. The van der Waals surface area contributed by atoms with E-state index in [4.69, 9.17) is 9.47 Å². The lowest BCUT2D eigenvalue weighted by atomic mass is 10.0. The quantitative estimate of drug-likeness (QED) is 0.436. The van der Waals surface area contributed by atoms with E-state index < -0.39 is 11.9 Å². The fourth-order valence-electron chi connectivity index (χ4n) is 5.28. The third-order valence-corrected chi connectivity index (χ3v) is 7.38. The summed E-state index contributed by atoms with van der Waals surface area (Å²) in [6.07, 6.45) is 2.39. The van der Waals surface area contributed by atoms with Crippen molar-refractivity contribution in [2.24, 2.45) is 0 Å². The molecule has 1 atom stereocenters. The van der Waals surface area contributed by atoms with Gasteiger partial charge in [-0.05, 0) is 29.7 Å². The Labute approximate surface area is 225 Å². The first-order valence-corrected chi connectivity index (χ1v) is 13.2. The Morgan fingerprint density at radius 2 is 1.77 bits per heavy atom. The van der Waals surface area contributed by atoms with Crippen LogP contribution in [-0.2, 0) is 40.6 Å². The molecular weight excluding hydrogens is 500 g/mol. The summed E-state index contributed by atoms with van der Waals surface area (Å²) in [6, 6.07) is 13.2. The van der Waals surface area contributed by atoms with Gasteiger partial charge in [0.05, 0.1) is 32.5 Å². The van der Waals surface area contributed by atoms with Crippen molar-refractivity contribution in [1.82, 2.24) is 30.1 Å². The van der Waals surface area contributed by atoms with Crippen molar-refractivity contribution < 1.29 is 23.9 Å². The van der Waals surface area contributed by atoms with Crippen LogP contribution in [0, 0.1) is 0 Å². The standard InChI is InChI=1S/C28H30N6O5/c35-26-9-8-24(27(36)29-26)34-17-23-22(28(34)37)2-1-3-25(23)39-18-21-16-33(31-30-21)15-20-6-4-19(5-7-20)14-32-10-12-38-13-11-32/h1-7,16,24H,8-15,17-18H2,(H,29,35,36). The molecule has 1 N–H and O–H groups in total.